The van der Waals surface area contributed by atoms with Gasteiger partial charge < -0.3 is 20.1 Å². The van der Waals surface area contributed by atoms with Gasteiger partial charge in [-0.05, 0) is 37.0 Å². The number of rotatable bonds is 9. The molecule has 0 saturated carbocycles. The zero-order chi connectivity index (χ0) is 22.4. The number of benzene rings is 1. The lowest BCUT2D eigenvalue weighted by Gasteiger charge is -2.24. The Kier molecular flexibility index (Phi) is 7.38. The molecule has 2 aromatic rings. The van der Waals surface area contributed by atoms with Gasteiger partial charge in [-0.15, -0.1) is 0 Å². The molecule has 0 saturated heterocycles. The van der Waals surface area contributed by atoms with Gasteiger partial charge >= 0.3 is 5.69 Å². The predicted octanol–water partition coefficient (Wildman–Crippen LogP) is 2.07. The van der Waals surface area contributed by atoms with Crippen molar-refractivity contribution in [3.8, 4) is 11.5 Å². The molecule has 2 heterocycles. The number of hydrogen-bond acceptors (Lipinski definition) is 6. The summed E-state index contributed by atoms with van der Waals surface area (Å²) in [6, 6.07) is 5.62. The van der Waals surface area contributed by atoms with Crippen LogP contribution in [0.25, 0.3) is 0 Å². The van der Waals surface area contributed by atoms with E-state index >= 15 is 0 Å². The van der Waals surface area contributed by atoms with E-state index in [1.807, 2.05) is 32.0 Å². The number of nitrogen functional groups attached to an aromatic ring is 1. The van der Waals surface area contributed by atoms with Crippen LogP contribution in [0.3, 0.4) is 0 Å². The topological polar surface area (TPSA) is 120 Å². The Morgan fingerprint density at radius 2 is 1.90 bits per heavy atom. The Bertz CT molecular complexity index is 1040. The van der Waals surface area contributed by atoms with Crippen LogP contribution in [-0.2, 0) is 17.8 Å². The number of fused-ring (bicyclic) bond motifs is 1. The van der Waals surface area contributed by atoms with E-state index in [4.69, 9.17) is 15.2 Å². The summed E-state index contributed by atoms with van der Waals surface area (Å²) in [7, 11) is 0. The van der Waals surface area contributed by atoms with Crippen LogP contribution in [0.1, 0.15) is 45.1 Å². The first-order valence-electron chi connectivity index (χ1n) is 10.8. The molecule has 0 spiro atoms. The Labute approximate surface area is 180 Å². The number of carbonyl (C=O) groups is 1. The third-order valence-electron chi connectivity index (χ3n) is 5.20. The molecule has 31 heavy (non-hydrogen) atoms. The molecule has 3 N–H and O–H groups in total. The summed E-state index contributed by atoms with van der Waals surface area (Å²) in [6.45, 7) is 5.64. The summed E-state index contributed by atoms with van der Waals surface area (Å²) in [5.41, 5.74) is 5.97. The summed E-state index contributed by atoms with van der Waals surface area (Å²) in [5.74, 6) is 1.18. The number of hydrogen-bond donors (Lipinski definition) is 2. The van der Waals surface area contributed by atoms with Crippen LogP contribution in [0.15, 0.2) is 27.8 Å². The first-order chi connectivity index (χ1) is 15.0. The first-order valence-corrected chi connectivity index (χ1v) is 10.8. The van der Waals surface area contributed by atoms with Crippen molar-refractivity contribution in [2.75, 3.05) is 30.4 Å². The monoisotopic (exact) mass is 430 g/mol. The lowest BCUT2D eigenvalue weighted by Crippen LogP contribution is -2.41. The van der Waals surface area contributed by atoms with E-state index in [2.05, 4.69) is 4.98 Å². The summed E-state index contributed by atoms with van der Waals surface area (Å²) in [5, 5.41) is 0. The van der Waals surface area contributed by atoms with Crippen LogP contribution in [0.2, 0.25) is 0 Å². The number of H-pyrrole nitrogens is 1. The number of aromatic amines is 1. The summed E-state index contributed by atoms with van der Waals surface area (Å²) >= 11 is 0. The van der Waals surface area contributed by atoms with E-state index in [1.165, 1.54) is 9.47 Å². The molecule has 9 nitrogen and oxygen atoms in total. The number of ether oxygens (including phenoxy) is 2. The highest BCUT2D eigenvalue weighted by Crippen LogP contribution is 2.31. The van der Waals surface area contributed by atoms with Crippen molar-refractivity contribution in [3.63, 3.8) is 0 Å². The molecule has 168 valence electrons. The van der Waals surface area contributed by atoms with Gasteiger partial charge in [0, 0.05) is 19.5 Å². The van der Waals surface area contributed by atoms with Crippen molar-refractivity contribution in [1.82, 2.24) is 9.55 Å². The second-order valence-electron chi connectivity index (χ2n) is 7.52. The van der Waals surface area contributed by atoms with Crippen LogP contribution in [0.5, 0.6) is 11.5 Å². The molecule has 1 aromatic heterocycles. The highest BCUT2D eigenvalue weighted by molar-refractivity contribution is 5.95. The van der Waals surface area contributed by atoms with Crippen LogP contribution in [0, 0.1) is 0 Å². The lowest BCUT2D eigenvalue weighted by molar-refractivity contribution is -0.118. The number of amides is 1. The summed E-state index contributed by atoms with van der Waals surface area (Å²) in [4.78, 5) is 41.6. The van der Waals surface area contributed by atoms with Gasteiger partial charge in [0.05, 0.1) is 0 Å². The van der Waals surface area contributed by atoms with Crippen LogP contribution >= 0.6 is 0 Å². The molecule has 1 aliphatic rings. The van der Waals surface area contributed by atoms with Gasteiger partial charge in [0.15, 0.2) is 17.2 Å². The number of unbranched alkanes of at least 4 members (excludes halogenated alkanes) is 1. The van der Waals surface area contributed by atoms with Crippen LogP contribution in [0.4, 0.5) is 11.5 Å². The number of aryl methyl sites for hydroxylation is 1. The molecule has 0 radical (unpaired) electrons. The van der Waals surface area contributed by atoms with Crippen LogP contribution in [-0.4, -0.2) is 35.2 Å². The average molecular weight is 431 g/mol. The molecule has 0 unspecified atom stereocenters. The Balaban J connectivity index is 1.84. The van der Waals surface area contributed by atoms with Crippen molar-refractivity contribution in [3.05, 3.63) is 44.6 Å². The SMILES string of the molecule is CCCCN(C(=O)CCc1ccc2c(c1)OCCO2)c1c(N)n(CCC)c(=O)[nH]c1=O. The maximum atomic E-state index is 13.1. The van der Waals surface area contributed by atoms with Gasteiger partial charge in [0.2, 0.25) is 5.91 Å². The van der Waals surface area contributed by atoms with Gasteiger partial charge in [-0.1, -0.05) is 26.3 Å². The lowest BCUT2D eigenvalue weighted by atomic mass is 10.1. The van der Waals surface area contributed by atoms with Crippen molar-refractivity contribution < 1.29 is 14.3 Å². The fourth-order valence-electron chi connectivity index (χ4n) is 3.59. The van der Waals surface area contributed by atoms with E-state index in [0.29, 0.717) is 57.1 Å². The van der Waals surface area contributed by atoms with Gasteiger partial charge in [0.1, 0.15) is 19.0 Å². The second kappa shape index (κ2) is 10.2. The third-order valence-corrected chi connectivity index (χ3v) is 5.20. The van der Waals surface area contributed by atoms with Crippen molar-refractivity contribution in [2.45, 2.75) is 52.5 Å². The molecular formula is C22H30N4O5. The second-order valence-corrected chi connectivity index (χ2v) is 7.52. The van der Waals surface area contributed by atoms with E-state index in [1.54, 1.807) is 0 Å². The first kappa shape index (κ1) is 22.5. The zero-order valence-electron chi connectivity index (χ0n) is 18.1. The van der Waals surface area contributed by atoms with E-state index in [-0.39, 0.29) is 23.8 Å². The van der Waals surface area contributed by atoms with Gasteiger partial charge in [-0.25, -0.2) is 4.79 Å². The molecule has 0 aliphatic carbocycles. The minimum absolute atomic E-state index is 0.0272. The number of anilines is 2. The smallest absolute Gasteiger partial charge is 0.330 e. The largest absolute Gasteiger partial charge is 0.486 e. The number of aromatic nitrogens is 2. The Morgan fingerprint density at radius 1 is 1.16 bits per heavy atom. The average Bonchev–Trinajstić information content (AvgIpc) is 2.77. The Morgan fingerprint density at radius 3 is 2.61 bits per heavy atom. The summed E-state index contributed by atoms with van der Waals surface area (Å²) < 4.78 is 12.4. The van der Waals surface area contributed by atoms with Gasteiger partial charge in [0.25, 0.3) is 5.56 Å². The third kappa shape index (κ3) is 5.10. The fraction of sp³-hybridized carbons (Fsp3) is 0.500. The fourth-order valence-corrected chi connectivity index (χ4v) is 3.59. The minimum Gasteiger partial charge on any atom is -0.486 e. The van der Waals surface area contributed by atoms with Crippen molar-refractivity contribution in [1.29, 1.82) is 0 Å². The van der Waals surface area contributed by atoms with Crippen molar-refractivity contribution in [2.24, 2.45) is 0 Å². The molecule has 1 aromatic carbocycles. The van der Waals surface area contributed by atoms with Crippen LogP contribution < -0.4 is 31.4 Å². The molecule has 1 aliphatic heterocycles. The summed E-state index contributed by atoms with van der Waals surface area (Å²) in [6.07, 6.45) is 2.89. The molecule has 9 heteroatoms. The minimum atomic E-state index is -0.640. The highest BCUT2D eigenvalue weighted by atomic mass is 16.6. The zero-order valence-corrected chi connectivity index (χ0v) is 18.1. The maximum Gasteiger partial charge on any atom is 0.330 e. The number of nitrogens with one attached hydrogen (secondary N) is 1. The number of carbonyl (C=O) groups excluding carboxylic acids is 1. The molecular weight excluding hydrogens is 400 g/mol. The predicted molar refractivity (Wildman–Crippen MR) is 119 cm³/mol. The number of nitrogens with two attached hydrogens (primary N) is 1. The molecule has 0 bridgehead atoms. The van der Waals surface area contributed by atoms with E-state index < -0.39 is 11.2 Å². The molecule has 3 rings (SSSR count). The standard InChI is InChI=1S/C22H30N4O5/c1-3-5-11-25(19-20(23)26(10-4-2)22(29)24-21(19)28)18(27)9-7-15-6-8-16-17(14-15)31-13-12-30-16/h6,8,14H,3-5,7,9-13,23H2,1-2H3,(H,24,28,29). The normalized spacial score (nSPS) is 12.6. The van der Waals surface area contributed by atoms with E-state index in [0.717, 1.165) is 12.0 Å². The quantitative estimate of drug-likeness (QED) is 0.628. The van der Waals surface area contributed by atoms with Crippen molar-refractivity contribution >= 4 is 17.4 Å². The molecule has 0 atom stereocenters. The number of nitrogens with zero attached hydrogens (tertiary/aromatic N) is 2. The Hall–Kier alpha value is -3.23. The molecule has 0 fully saturated rings. The van der Waals surface area contributed by atoms with E-state index in [9.17, 15) is 14.4 Å². The van der Waals surface area contributed by atoms with Gasteiger partial charge in [-0.2, -0.15) is 0 Å². The maximum absolute atomic E-state index is 13.1. The highest BCUT2D eigenvalue weighted by Gasteiger charge is 2.24. The van der Waals surface area contributed by atoms with Gasteiger partial charge in [-0.3, -0.25) is 19.1 Å². The molecule has 1 amide bonds.